The van der Waals surface area contributed by atoms with Gasteiger partial charge in [-0.15, -0.1) is 0 Å². The van der Waals surface area contributed by atoms with E-state index in [1.54, 1.807) is 36.4 Å². The van der Waals surface area contributed by atoms with Gasteiger partial charge in [0.15, 0.2) is 0 Å². The second-order valence-electron chi connectivity index (χ2n) is 7.10. The second-order valence-corrected chi connectivity index (χ2v) is 7.10. The van der Waals surface area contributed by atoms with Crippen LogP contribution in [-0.4, -0.2) is 27.4 Å². The van der Waals surface area contributed by atoms with E-state index in [1.807, 2.05) is 30.3 Å². The molecule has 0 aliphatic heterocycles. The summed E-state index contributed by atoms with van der Waals surface area (Å²) in [7, 11) is 0. The van der Waals surface area contributed by atoms with Crippen molar-refractivity contribution in [2.24, 2.45) is 0 Å². The first kappa shape index (κ1) is 20.3. The van der Waals surface area contributed by atoms with Crippen LogP contribution in [0.15, 0.2) is 83.7 Å². The van der Waals surface area contributed by atoms with Crippen molar-refractivity contribution in [1.82, 2.24) is 14.9 Å². The number of halogens is 1. The highest BCUT2D eigenvalue weighted by atomic mass is 19.1. The number of urea groups is 1. The van der Waals surface area contributed by atoms with Gasteiger partial charge in [-0.1, -0.05) is 54.6 Å². The second kappa shape index (κ2) is 9.21. The molecule has 0 bridgehead atoms. The number of nitrogens with one attached hydrogen (secondary N) is 2. The number of nitrogens with zero attached hydrogens (tertiary/aromatic N) is 2. The number of carbonyl (C=O) groups excluding carboxylic acids is 1. The topological polar surface area (TPSA) is 78.1 Å². The zero-order valence-corrected chi connectivity index (χ0v) is 16.7. The number of carbonyl (C=O) groups is 1. The predicted octanol–water partition coefficient (Wildman–Crippen LogP) is 4.34. The highest BCUT2D eigenvalue weighted by Crippen LogP contribution is 2.15. The van der Waals surface area contributed by atoms with Gasteiger partial charge in [0.1, 0.15) is 11.6 Å². The minimum Gasteiger partial charge on any atom is -0.317 e. The summed E-state index contributed by atoms with van der Waals surface area (Å²) >= 11 is 0. The van der Waals surface area contributed by atoms with Crippen molar-refractivity contribution in [3.8, 4) is 0 Å². The summed E-state index contributed by atoms with van der Waals surface area (Å²) in [4.78, 5) is 34.1. The SMILES string of the molecule is O=C(Nc1ccccc1F)N(CCc1ccccc1)Cc1nc2ccccc2c(=O)[nH]1. The van der Waals surface area contributed by atoms with E-state index in [0.717, 1.165) is 5.56 Å². The maximum Gasteiger partial charge on any atom is 0.322 e. The average Bonchev–Trinajstić information content (AvgIpc) is 2.79. The lowest BCUT2D eigenvalue weighted by atomic mass is 10.1. The molecule has 0 atom stereocenters. The fourth-order valence-corrected chi connectivity index (χ4v) is 3.31. The van der Waals surface area contributed by atoms with Gasteiger partial charge in [0, 0.05) is 6.54 Å². The van der Waals surface area contributed by atoms with Crippen molar-refractivity contribution in [3.05, 3.63) is 106 Å². The molecule has 4 rings (SSSR count). The van der Waals surface area contributed by atoms with Crippen LogP contribution < -0.4 is 10.9 Å². The molecule has 0 fully saturated rings. The summed E-state index contributed by atoms with van der Waals surface area (Å²) in [6, 6.07) is 22.3. The number of amides is 2. The Bertz CT molecular complexity index is 1260. The van der Waals surface area contributed by atoms with Crippen molar-refractivity contribution < 1.29 is 9.18 Å². The van der Waals surface area contributed by atoms with E-state index in [9.17, 15) is 14.0 Å². The molecule has 7 heteroatoms. The lowest BCUT2D eigenvalue weighted by molar-refractivity contribution is 0.208. The van der Waals surface area contributed by atoms with Gasteiger partial charge in [0.05, 0.1) is 23.1 Å². The molecule has 0 aliphatic rings. The number of aromatic amines is 1. The minimum absolute atomic E-state index is 0.0766. The van der Waals surface area contributed by atoms with Gasteiger partial charge < -0.3 is 15.2 Å². The van der Waals surface area contributed by atoms with Crippen LogP contribution in [0, 0.1) is 5.82 Å². The highest BCUT2D eigenvalue weighted by Gasteiger charge is 2.17. The van der Waals surface area contributed by atoms with Crippen molar-refractivity contribution in [2.45, 2.75) is 13.0 Å². The Balaban J connectivity index is 1.59. The van der Waals surface area contributed by atoms with Crippen LogP contribution in [0.4, 0.5) is 14.9 Å². The summed E-state index contributed by atoms with van der Waals surface area (Å²) in [5.41, 5.74) is 1.44. The Kier molecular flexibility index (Phi) is 6.03. The molecular weight excluding hydrogens is 395 g/mol. The highest BCUT2D eigenvalue weighted by molar-refractivity contribution is 5.89. The first-order chi connectivity index (χ1) is 15.1. The normalized spacial score (nSPS) is 10.7. The Hall–Kier alpha value is -4.00. The molecule has 0 saturated carbocycles. The Morgan fingerprint density at radius 2 is 1.68 bits per heavy atom. The van der Waals surface area contributed by atoms with Gasteiger partial charge in [-0.3, -0.25) is 4.79 Å². The van der Waals surface area contributed by atoms with Crippen molar-refractivity contribution in [2.75, 3.05) is 11.9 Å². The minimum atomic E-state index is -0.518. The summed E-state index contributed by atoms with van der Waals surface area (Å²) in [6.45, 7) is 0.439. The molecule has 1 aromatic heterocycles. The molecule has 2 N–H and O–H groups in total. The molecule has 0 unspecified atom stereocenters. The van der Waals surface area contributed by atoms with E-state index in [2.05, 4.69) is 15.3 Å². The Labute approximate surface area is 178 Å². The molecular formula is C24H21FN4O2. The van der Waals surface area contributed by atoms with Gasteiger partial charge in [0.2, 0.25) is 0 Å². The number of fused-ring (bicyclic) bond motifs is 1. The van der Waals surface area contributed by atoms with Crippen LogP contribution in [0.3, 0.4) is 0 Å². The molecule has 31 heavy (non-hydrogen) atoms. The van der Waals surface area contributed by atoms with E-state index < -0.39 is 11.8 Å². The van der Waals surface area contributed by atoms with Crippen LogP contribution >= 0.6 is 0 Å². The van der Waals surface area contributed by atoms with Gasteiger partial charge in [-0.2, -0.15) is 0 Å². The van der Waals surface area contributed by atoms with E-state index >= 15 is 0 Å². The molecule has 156 valence electrons. The first-order valence-corrected chi connectivity index (χ1v) is 9.92. The Morgan fingerprint density at radius 1 is 0.968 bits per heavy atom. The third-order valence-corrected chi connectivity index (χ3v) is 4.92. The zero-order valence-electron chi connectivity index (χ0n) is 16.7. The van der Waals surface area contributed by atoms with Gasteiger partial charge >= 0.3 is 6.03 Å². The van der Waals surface area contributed by atoms with Gasteiger partial charge in [-0.05, 0) is 36.2 Å². The first-order valence-electron chi connectivity index (χ1n) is 9.92. The number of hydrogen-bond donors (Lipinski definition) is 2. The predicted molar refractivity (Wildman–Crippen MR) is 118 cm³/mol. The van der Waals surface area contributed by atoms with Crippen LogP contribution in [-0.2, 0) is 13.0 Å². The van der Waals surface area contributed by atoms with Crippen LogP contribution in [0.5, 0.6) is 0 Å². The number of para-hydroxylation sites is 2. The summed E-state index contributed by atoms with van der Waals surface area (Å²) in [5.74, 6) is -0.156. The number of aromatic nitrogens is 2. The van der Waals surface area contributed by atoms with E-state index in [1.165, 1.54) is 17.0 Å². The lowest BCUT2D eigenvalue weighted by Gasteiger charge is -2.23. The molecule has 6 nitrogen and oxygen atoms in total. The average molecular weight is 416 g/mol. The third-order valence-electron chi connectivity index (χ3n) is 4.92. The Morgan fingerprint density at radius 3 is 2.48 bits per heavy atom. The standard InChI is InChI=1S/C24H21FN4O2/c25-19-11-5-7-13-21(19)27-24(31)29(15-14-17-8-2-1-3-9-17)16-22-26-20-12-6-4-10-18(20)23(30)28-22/h1-13H,14-16H2,(H,27,31)(H,26,28,30). The van der Waals surface area contributed by atoms with E-state index in [0.29, 0.717) is 29.7 Å². The van der Waals surface area contributed by atoms with Crippen molar-refractivity contribution in [3.63, 3.8) is 0 Å². The molecule has 0 spiro atoms. The van der Waals surface area contributed by atoms with Gasteiger partial charge in [-0.25, -0.2) is 14.2 Å². The van der Waals surface area contributed by atoms with Crippen LogP contribution in [0.25, 0.3) is 10.9 Å². The maximum absolute atomic E-state index is 14.0. The summed E-state index contributed by atoms with van der Waals surface area (Å²) < 4.78 is 14.0. The quantitative estimate of drug-likeness (QED) is 0.491. The lowest BCUT2D eigenvalue weighted by Crippen LogP contribution is -2.37. The van der Waals surface area contributed by atoms with Crippen molar-refractivity contribution >= 4 is 22.6 Å². The number of benzene rings is 3. The fourth-order valence-electron chi connectivity index (χ4n) is 3.31. The third kappa shape index (κ3) is 4.95. The van der Waals surface area contributed by atoms with Crippen LogP contribution in [0.2, 0.25) is 0 Å². The molecule has 1 heterocycles. The smallest absolute Gasteiger partial charge is 0.317 e. The van der Waals surface area contributed by atoms with Gasteiger partial charge in [0.25, 0.3) is 5.56 Å². The maximum atomic E-state index is 14.0. The monoisotopic (exact) mass is 416 g/mol. The molecule has 0 saturated heterocycles. The number of anilines is 1. The van der Waals surface area contributed by atoms with Crippen molar-refractivity contribution in [1.29, 1.82) is 0 Å². The molecule has 4 aromatic rings. The van der Waals surface area contributed by atoms with E-state index in [4.69, 9.17) is 0 Å². The van der Waals surface area contributed by atoms with Crippen LogP contribution in [0.1, 0.15) is 11.4 Å². The summed E-state index contributed by atoms with van der Waals surface area (Å²) in [6.07, 6.45) is 0.601. The number of hydrogen-bond acceptors (Lipinski definition) is 3. The number of rotatable bonds is 6. The summed E-state index contributed by atoms with van der Waals surface area (Å²) in [5, 5.41) is 3.09. The number of H-pyrrole nitrogens is 1. The fraction of sp³-hybridized carbons (Fsp3) is 0.125. The molecule has 0 radical (unpaired) electrons. The van der Waals surface area contributed by atoms with E-state index in [-0.39, 0.29) is 17.8 Å². The molecule has 0 aliphatic carbocycles. The zero-order chi connectivity index (χ0) is 21.6. The molecule has 3 aromatic carbocycles. The largest absolute Gasteiger partial charge is 0.322 e. The molecule has 2 amide bonds.